The van der Waals surface area contributed by atoms with Crippen LogP contribution in [0.3, 0.4) is 0 Å². The van der Waals surface area contributed by atoms with Crippen LogP contribution in [0.2, 0.25) is 5.02 Å². The van der Waals surface area contributed by atoms with Gasteiger partial charge in [0.2, 0.25) is 5.91 Å². The van der Waals surface area contributed by atoms with E-state index in [4.69, 9.17) is 21.6 Å². The topological polar surface area (TPSA) is 54.9 Å². The maximum atomic E-state index is 12.5. The molecule has 5 heteroatoms. The van der Waals surface area contributed by atoms with Gasteiger partial charge < -0.3 is 5.32 Å². The maximum absolute atomic E-state index is 12.5. The molecule has 0 fully saturated rings. The number of amides is 1. The van der Waals surface area contributed by atoms with Crippen molar-refractivity contribution in [3.63, 3.8) is 0 Å². The van der Waals surface area contributed by atoms with Crippen LogP contribution in [0.1, 0.15) is 29.4 Å². The smallest absolute Gasteiger partial charge is 0.229 e. The van der Waals surface area contributed by atoms with Crippen LogP contribution in [0.5, 0.6) is 0 Å². The fraction of sp³-hybridized carbons (Fsp3) is 0.227. The SMILES string of the molecule is CCc1nc2c(nc1NC(=O)Cc1ccc(Cl)cc1)CCc1ccccc1-2. The first-order valence-corrected chi connectivity index (χ1v) is 9.54. The molecule has 27 heavy (non-hydrogen) atoms. The Morgan fingerprint density at radius 1 is 1.07 bits per heavy atom. The van der Waals surface area contributed by atoms with Gasteiger partial charge in [-0.25, -0.2) is 9.97 Å². The average Bonchev–Trinajstić information content (AvgIpc) is 2.69. The van der Waals surface area contributed by atoms with E-state index >= 15 is 0 Å². The van der Waals surface area contributed by atoms with Gasteiger partial charge in [-0.05, 0) is 42.5 Å². The zero-order chi connectivity index (χ0) is 18.8. The molecule has 4 nitrogen and oxygen atoms in total. The highest BCUT2D eigenvalue weighted by atomic mass is 35.5. The van der Waals surface area contributed by atoms with E-state index in [0.29, 0.717) is 17.3 Å². The van der Waals surface area contributed by atoms with Crippen molar-refractivity contribution in [1.82, 2.24) is 9.97 Å². The number of aromatic nitrogens is 2. The molecule has 1 amide bonds. The molecule has 1 aromatic heterocycles. The summed E-state index contributed by atoms with van der Waals surface area (Å²) in [4.78, 5) is 22.1. The van der Waals surface area contributed by atoms with Gasteiger partial charge in [0.15, 0.2) is 5.82 Å². The number of hydrogen-bond acceptors (Lipinski definition) is 3. The lowest BCUT2D eigenvalue weighted by atomic mass is 9.92. The predicted octanol–water partition coefficient (Wildman–Crippen LogP) is 4.64. The van der Waals surface area contributed by atoms with Crippen molar-refractivity contribution in [2.75, 3.05) is 5.32 Å². The van der Waals surface area contributed by atoms with Gasteiger partial charge in [-0.15, -0.1) is 0 Å². The van der Waals surface area contributed by atoms with Crippen LogP contribution in [0.4, 0.5) is 5.82 Å². The van der Waals surface area contributed by atoms with Crippen LogP contribution < -0.4 is 5.32 Å². The van der Waals surface area contributed by atoms with Crippen LogP contribution in [0.25, 0.3) is 11.3 Å². The predicted molar refractivity (Wildman–Crippen MR) is 108 cm³/mol. The van der Waals surface area contributed by atoms with Gasteiger partial charge in [-0.2, -0.15) is 0 Å². The molecule has 2 aromatic carbocycles. The summed E-state index contributed by atoms with van der Waals surface area (Å²) in [6.45, 7) is 2.03. The minimum Gasteiger partial charge on any atom is -0.309 e. The number of benzene rings is 2. The summed E-state index contributed by atoms with van der Waals surface area (Å²) in [5.74, 6) is 0.479. The number of nitrogens with zero attached hydrogens (tertiary/aromatic N) is 2. The fourth-order valence-corrected chi connectivity index (χ4v) is 3.55. The normalized spacial score (nSPS) is 12.2. The Morgan fingerprint density at radius 3 is 2.63 bits per heavy atom. The van der Waals surface area contributed by atoms with E-state index < -0.39 is 0 Å². The molecule has 1 heterocycles. The first kappa shape index (κ1) is 17.7. The Bertz CT molecular complexity index is 999. The molecule has 3 aromatic rings. The summed E-state index contributed by atoms with van der Waals surface area (Å²) in [7, 11) is 0. The fourth-order valence-electron chi connectivity index (χ4n) is 3.43. The average molecular weight is 378 g/mol. The van der Waals surface area contributed by atoms with Gasteiger partial charge >= 0.3 is 0 Å². The summed E-state index contributed by atoms with van der Waals surface area (Å²) in [6, 6.07) is 15.6. The van der Waals surface area contributed by atoms with Crippen LogP contribution in [-0.2, 0) is 30.5 Å². The molecule has 0 saturated heterocycles. The third kappa shape index (κ3) is 3.71. The van der Waals surface area contributed by atoms with Crippen molar-refractivity contribution in [2.24, 2.45) is 0 Å². The molecule has 0 aliphatic heterocycles. The molecule has 0 saturated carbocycles. The first-order chi connectivity index (χ1) is 13.1. The number of aryl methyl sites for hydroxylation is 3. The van der Waals surface area contributed by atoms with Crippen molar-refractivity contribution in [2.45, 2.75) is 32.6 Å². The molecule has 1 N–H and O–H groups in total. The van der Waals surface area contributed by atoms with E-state index in [1.807, 2.05) is 25.1 Å². The van der Waals surface area contributed by atoms with Gasteiger partial charge in [-0.1, -0.05) is 54.9 Å². The van der Waals surface area contributed by atoms with Crippen molar-refractivity contribution in [3.8, 4) is 11.3 Å². The molecule has 0 atom stereocenters. The minimum absolute atomic E-state index is 0.0996. The zero-order valence-corrected chi connectivity index (χ0v) is 15.9. The molecule has 1 aliphatic carbocycles. The molecule has 136 valence electrons. The highest BCUT2D eigenvalue weighted by Gasteiger charge is 2.21. The van der Waals surface area contributed by atoms with Crippen LogP contribution in [0.15, 0.2) is 48.5 Å². The van der Waals surface area contributed by atoms with Gasteiger partial charge in [0, 0.05) is 10.6 Å². The van der Waals surface area contributed by atoms with Gasteiger partial charge in [0.1, 0.15) is 0 Å². The third-order valence-corrected chi connectivity index (χ3v) is 5.07. The lowest BCUT2D eigenvalue weighted by Crippen LogP contribution is -2.19. The van der Waals surface area contributed by atoms with Crippen molar-refractivity contribution < 1.29 is 4.79 Å². The van der Waals surface area contributed by atoms with Crippen molar-refractivity contribution in [3.05, 3.63) is 76.1 Å². The maximum Gasteiger partial charge on any atom is 0.229 e. The summed E-state index contributed by atoms with van der Waals surface area (Å²) < 4.78 is 0. The monoisotopic (exact) mass is 377 g/mol. The highest BCUT2D eigenvalue weighted by Crippen LogP contribution is 2.32. The quantitative estimate of drug-likeness (QED) is 0.720. The molecule has 0 bridgehead atoms. The Kier molecular flexibility index (Phi) is 4.90. The van der Waals surface area contributed by atoms with Crippen molar-refractivity contribution in [1.29, 1.82) is 0 Å². The van der Waals surface area contributed by atoms with Gasteiger partial charge in [-0.3, -0.25) is 4.79 Å². The van der Waals surface area contributed by atoms with E-state index in [-0.39, 0.29) is 12.3 Å². The summed E-state index contributed by atoms with van der Waals surface area (Å²) >= 11 is 5.90. The second-order valence-corrected chi connectivity index (χ2v) is 7.11. The van der Waals surface area contributed by atoms with Crippen molar-refractivity contribution >= 4 is 23.3 Å². The number of anilines is 1. The Morgan fingerprint density at radius 2 is 1.85 bits per heavy atom. The summed E-state index contributed by atoms with van der Waals surface area (Å²) in [5.41, 5.74) is 6.09. The number of fused-ring (bicyclic) bond motifs is 3. The molecule has 0 radical (unpaired) electrons. The Labute approximate surface area is 163 Å². The second-order valence-electron chi connectivity index (χ2n) is 6.68. The largest absolute Gasteiger partial charge is 0.309 e. The zero-order valence-electron chi connectivity index (χ0n) is 15.1. The van der Waals surface area contributed by atoms with E-state index in [1.165, 1.54) is 5.56 Å². The Hall–Kier alpha value is -2.72. The number of nitrogens with one attached hydrogen (secondary N) is 1. The lowest BCUT2D eigenvalue weighted by molar-refractivity contribution is -0.115. The number of halogens is 1. The standard InChI is InChI=1S/C22H20ClN3O/c1-2-18-22(26-20(27)13-14-7-10-16(23)11-8-14)25-19-12-9-15-5-3-4-6-17(15)21(19)24-18/h3-8,10-11H,2,9,12-13H2,1H3,(H,25,26,27). The van der Waals surface area contributed by atoms with E-state index in [0.717, 1.165) is 41.1 Å². The van der Waals surface area contributed by atoms with E-state index in [2.05, 4.69) is 23.5 Å². The molecular formula is C22H20ClN3O. The minimum atomic E-state index is -0.0996. The lowest BCUT2D eigenvalue weighted by Gasteiger charge is -2.20. The third-order valence-electron chi connectivity index (χ3n) is 4.81. The molecule has 4 rings (SSSR count). The number of carbonyl (C=O) groups excluding carboxylic acids is 1. The summed E-state index contributed by atoms with van der Waals surface area (Å²) in [6.07, 6.45) is 2.77. The first-order valence-electron chi connectivity index (χ1n) is 9.16. The van der Waals surface area contributed by atoms with Gasteiger partial charge in [0.25, 0.3) is 0 Å². The molecular weight excluding hydrogens is 358 g/mol. The van der Waals surface area contributed by atoms with E-state index in [9.17, 15) is 4.79 Å². The second kappa shape index (κ2) is 7.49. The van der Waals surface area contributed by atoms with Crippen LogP contribution in [0, 0.1) is 0 Å². The van der Waals surface area contributed by atoms with Gasteiger partial charge in [0.05, 0.1) is 23.5 Å². The van der Waals surface area contributed by atoms with Crippen LogP contribution in [-0.4, -0.2) is 15.9 Å². The number of hydrogen-bond donors (Lipinski definition) is 1. The summed E-state index contributed by atoms with van der Waals surface area (Å²) in [5, 5.41) is 3.61. The van der Waals surface area contributed by atoms with Crippen LogP contribution >= 0.6 is 11.6 Å². The molecule has 0 unspecified atom stereocenters. The number of rotatable bonds is 4. The Balaban J connectivity index is 1.60. The molecule has 0 spiro atoms. The molecule has 1 aliphatic rings. The van der Waals surface area contributed by atoms with E-state index in [1.54, 1.807) is 12.1 Å². The number of carbonyl (C=O) groups is 1. The highest BCUT2D eigenvalue weighted by molar-refractivity contribution is 6.30.